The second-order valence-electron chi connectivity index (χ2n) is 4.34. The van der Waals surface area contributed by atoms with Gasteiger partial charge in [-0.25, -0.2) is 0 Å². The highest BCUT2D eigenvalue weighted by Gasteiger charge is 2.09. The van der Waals surface area contributed by atoms with Crippen molar-refractivity contribution < 1.29 is 14.6 Å². The van der Waals surface area contributed by atoms with Crippen LogP contribution in [0.4, 0.5) is 0 Å². The van der Waals surface area contributed by atoms with Gasteiger partial charge in [-0.1, -0.05) is 12.1 Å². The third kappa shape index (κ3) is 4.37. The van der Waals surface area contributed by atoms with Gasteiger partial charge in [-0.15, -0.1) is 0 Å². The third-order valence-electron chi connectivity index (χ3n) is 2.70. The molecule has 0 bridgehead atoms. The molecule has 0 aliphatic heterocycles. The van der Waals surface area contributed by atoms with Crippen LogP contribution in [0.2, 0.25) is 0 Å². The zero-order chi connectivity index (χ0) is 13.5. The van der Waals surface area contributed by atoms with Crippen molar-refractivity contribution in [3.63, 3.8) is 0 Å². The van der Waals surface area contributed by atoms with Crippen LogP contribution in [-0.4, -0.2) is 24.7 Å². The van der Waals surface area contributed by atoms with E-state index in [9.17, 15) is 9.90 Å². The maximum Gasteiger partial charge on any atom is 0.219 e. The Bertz CT molecular complexity index is 402. The van der Waals surface area contributed by atoms with Gasteiger partial charge in [0.15, 0.2) is 0 Å². The van der Waals surface area contributed by atoms with Crippen molar-refractivity contribution in [2.75, 3.05) is 13.7 Å². The van der Waals surface area contributed by atoms with Gasteiger partial charge in [0.2, 0.25) is 5.91 Å². The zero-order valence-electron chi connectivity index (χ0n) is 11.2. The summed E-state index contributed by atoms with van der Waals surface area (Å²) in [5.74, 6) is 0.709. The summed E-state index contributed by atoms with van der Waals surface area (Å²) in [6, 6.07) is 5.72. The fourth-order valence-corrected chi connectivity index (χ4v) is 1.65. The average molecular weight is 251 g/mol. The molecule has 0 fully saturated rings. The highest BCUT2D eigenvalue weighted by atomic mass is 16.5. The zero-order valence-corrected chi connectivity index (χ0v) is 11.2. The number of nitrogens with one attached hydrogen (secondary N) is 1. The number of aliphatic hydroxyl groups excluding tert-OH is 1. The van der Waals surface area contributed by atoms with Gasteiger partial charge in [-0.3, -0.25) is 4.79 Å². The lowest BCUT2D eigenvalue weighted by molar-refractivity contribution is -0.120. The molecule has 1 aromatic rings. The van der Waals surface area contributed by atoms with Crippen molar-refractivity contribution >= 4 is 5.91 Å². The lowest BCUT2D eigenvalue weighted by Gasteiger charge is -2.14. The average Bonchev–Trinajstić information content (AvgIpc) is 2.34. The number of benzene rings is 1. The van der Waals surface area contributed by atoms with E-state index in [1.807, 2.05) is 25.1 Å². The molecule has 0 heterocycles. The Hall–Kier alpha value is -1.55. The number of aryl methyl sites for hydroxylation is 1. The highest BCUT2D eigenvalue weighted by molar-refractivity contribution is 5.75. The SMILES string of the molecule is CNC(=O)CCCOc1cc(C)ccc1[C@H](C)O. The van der Waals surface area contributed by atoms with E-state index in [4.69, 9.17) is 4.74 Å². The first kappa shape index (κ1) is 14.5. The van der Waals surface area contributed by atoms with Gasteiger partial charge >= 0.3 is 0 Å². The molecule has 1 aromatic carbocycles. The van der Waals surface area contributed by atoms with Crippen LogP contribution < -0.4 is 10.1 Å². The monoisotopic (exact) mass is 251 g/mol. The molecule has 18 heavy (non-hydrogen) atoms. The summed E-state index contributed by atoms with van der Waals surface area (Å²) in [5.41, 5.74) is 1.86. The molecule has 0 aromatic heterocycles. The molecule has 0 spiro atoms. The first-order chi connectivity index (χ1) is 8.54. The smallest absolute Gasteiger partial charge is 0.219 e. The molecule has 0 saturated heterocycles. The molecule has 4 nitrogen and oxygen atoms in total. The molecule has 0 unspecified atom stereocenters. The fourth-order valence-electron chi connectivity index (χ4n) is 1.65. The van der Waals surface area contributed by atoms with Gasteiger partial charge in [0.25, 0.3) is 0 Å². The summed E-state index contributed by atoms with van der Waals surface area (Å²) < 4.78 is 5.63. The summed E-state index contributed by atoms with van der Waals surface area (Å²) in [4.78, 5) is 11.0. The van der Waals surface area contributed by atoms with E-state index in [2.05, 4.69) is 5.32 Å². The summed E-state index contributed by atoms with van der Waals surface area (Å²) in [7, 11) is 1.62. The van der Waals surface area contributed by atoms with E-state index in [0.717, 1.165) is 11.1 Å². The van der Waals surface area contributed by atoms with Gasteiger partial charge in [-0.05, 0) is 31.9 Å². The third-order valence-corrected chi connectivity index (χ3v) is 2.70. The summed E-state index contributed by atoms with van der Waals surface area (Å²) in [5, 5.41) is 12.2. The van der Waals surface area contributed by atoms with Crippen molar-refractivity contribution in [1.29, 1.82) is 0 Å². The number of rotatable bonds is 6. The fraction of sp³-hybridized carbons (Fsp3) is 0.500. The lowest BCUT2D eigenvalue weighted by Crippen LogP contribution is -2.18. The molecule has 2 N–H and O–H groups in total. The molecule has 0 aliphatic rings. The van der Waals surface area contributed by atoms with Crippen LogP contribution >= 0.6 is 0 Å². The van der Waals surface area contributed by atoms with Crippen LogP contribution in [0.5, 0.6) is 5.75 Å². The van der Waals surface area contributed by atoms with Gasteiger partial charge < -0.3 is 15.2 Å². The maximum absolute atomic E-state index is 11.0. The molecule has 0 radical (unpaired) electrons. The van der Waals surface area contributed by atoms with Gasteiger partial charge in [0.05, 0.1) is 12.7 Å². The quantitative estimate of drug-likeness (QED) is 0.760. The number of hydrogen-bond acceptors (Lipinski definition) is 3. The van der Waals surface area contributed by atoms with Crippen molar-refractivity contribution in [1.82, 2.24) is 5.32 Å². The van der Waals surface area contributed by atoms with E-state index in [1.54, 1.807) is 14.0 Å². The van der Waals surface area contributed by atoms with E-state index in [0.29, 0.717) is 25.2 Å². The molecule has 1 amide bonds. The molecule has 100 valence electrons. The Kier molecular flexibility index (Phi) is 5.65. The number of ether oxygens (including phenoxy) is 1. The first-order valence-corrected chi connectivity index (χ1v) is 6.16. The van der Waals surface area contributed by atoms with Gasteiger partial charge in [0.1, 0.15) is 5.75 Å². The van der Waals surface area contributed by atoms with Crippen LogP contribution in [0.15, 0.2) is 18.2 Å². The summed E-state index contributed by atoms with van der Waals surface area (Å²) in [6.07, 6.45) is 0.554. The standard InChI is InChI=1S/C14H21NO3/c1-10-6-7-12(11(2)16)13(9-10)18-8-4-5-14(17)15-3/h6-7,9,11,16H,4-5,8H2,1-3H3,(H,15,17)/t11-/m0/s1. The van der Waals surface area contributed by atoms with Gasteiger partial charge in [0, 0.05) is 19.0 Å². The van der Waals surface area contributed by atoms with Crippen LogP contribution in [0, 0.1) is 6.92 Å². The summed E-state index contributed by atoms with van der Waals surface area (Å²) >= 11 is 0. The van der Waals surface area contributed by atoms with E-state index < -0.39 is 6.10 Å². The molecule has 4 heteroatoms. The molecule has 0 saturated carbocycles. The van der Waals surface area contributed by atoms with Gasteiger partial charge in [-0.2, -0.15) is 0 Å². The number of aliphatic hydroxyl groups is 1. The van der Waals surface area contributed by atoms with E-state index in [-0.39, 0.29) is 5.91 Å². The molecule has 1 atom stereocenters. The second-order valence-corrected chi connectivity index (χ2v) is 4.34. The number of amides is 1. The second kappa shape index (κ2) is 7.01. The summed E-state index contributed by atoms with van der Waals surface area (Å²) in [6.45, 7) is 4.15. The molecule has 1 rings (SSSR count). The Labute approximate surface area is 108 Å². The Morgan fingerprint density at radius 1 is 1.50 bits per heavy atom. The van der Waals surface area contributed by atoms with Crippen molar-refractivity contribution in [3.05, 3.63) is 29.3 Å². The Balaban J connectivity index is 2.55. The number of carbonyl (C=O) groups is 1. The predicted molar refractivity (Wildman–Crippen MR) is 70.6 cm³/mol. The first-order valence-electron chi connectivity index (χ1n) is 6.16. The molecular weight excluding hydrogens is 230 g/mol. The normalized spacial score (nSPS) is 12.0. The minimum Gasteiger partial charge on any atom is -0.493 e. The minimum absolute atomic E-state index is 0.0126. The minimum atomic E-state index is -0.556. The number of carbonyl (C=O) groups excluding carboxylic acids is 1. The van der Waals surface area contributed by atoms with Crippen molar-refractivity contribution in [2.45, 2.75) is 32.8 Å². The Morgan fingerprint density at radius 3 is 2.83 bits per heavy atom. The maximum atomic E-state index is 11.0. The predicted octanol–water partition coefficient (Wildman–Crippen LogP) is 1.95. The van der Waals surface area contributed by atoms with Crippen LogP contribution in [0.25, 0.3) is 0 Å². The highest BCUT2D eigenvalue weighted by Crippen LogP contribution is 2.26. The Morgan fingerprint density at radius 2 is 2.22 bits per heavy atom. The molecular formula is C14H21NO3. The van der Waals surface area contributed by atoms with E-state index in [1.165, 1.54) is 0 Å². The van der Waals surface area contributed by atoms with Crippen molar-refractivity contribution in [3.8, 4) is 5.75 Å². The lowest BCUT2D eigenvalue weighted by atomic mass is 10.1. The largest absolute Gasteiger partial charge is 0.493 e. The van der Waals surface area contributed by atoms with E-state index >= 15 is 0 Å². The van der Waals surface area contributed by atoms with Crippen LogP contribution in [0.3, 0.4) is 0 Å². The number of hydrogen-bond donors (Lipinski definition) is 2. The topological polar surface area (TPSA) is 58.6 Å². The van der Waals surface area contributed by atoms with Crippen LogP contribution in [-0.2, 0) is 4.79 Å². The van der Waals surface area contributed by atoms with Crippen molar-refractivity contribution in [2.24, 2.45) is 0 Å². The molecule has 0 aliphatic carbocycles. The van der Waals surface area contributed by atoms with Crippen LogP contribution in [0.1, 0.15) is 37.0 Å².